The Bertz CT molecular complexity index is 400. The number of hydrogen-bond donors (Lipinski definition) is 1. The van der Waals surface area contributed by atoms with Gasteiger partial charge in [0.15, 0.2) is 0 Å². The molecule has 2 rings (SSSR count). The summed E-state index contributed by atoms with van der Waals surface area (Å²) >= 11 is 0. The molecule has 3 heteroatoms. The Morgan fingerprint density at radius 2 is 2.10 bits per heavy atom. The molecular weight excluding hydrogens is 246 g/mol. The molecule has 0 amide bonds. The van der Waals surface area contributed by atoms with E-state index in [1.54, 1.807) is 0 Å². The molecule has 0 atom stereocenters. The van der Waals surface area contributed by atoms with E-state index in [9.17, 15) is 0 Å². The SMILES string of the molecule is CCCc1cc(CNC)cc(N(CC(C)C)C2CC2)n1. The Hall–Kier alpha value is -1.09. The number of aryl methyl sites for hydroxylation is 1. The smallest absolute Gasteiger partial charge is 0.129 e. The first-order valence-corrected chi connectivity index (χ1v) is 8.05. The molecule has 1 fully saturated rings. The minimum absolute atomic E-state index is 0.681. The van der Waals surface area contributed by atoms with Crippen LogP contribution in [-0.2, 0) is 13.0 Å². The molecular formula is C17H29N3. The maximum Gasteiger partial charge on any atom is 0.129 e. The van der Waals surface area contributed by atoms with Crippen LogP contribution in [0.15, 0.2) is 12.1 Å². The summed E-state index contributed by atoms with van der Waals surface area (Å²) in [4.78, 5) is 7.45. The molecule has 0 spiro atoms. The molecule has 0 bridgehead atoms. The van der Waals surface area contributed by atoms with Crippen LogP contribution in [0.5, 0.6) is 0 Å². The van der Waals surface area contributed by atoms with E-state index in [1.807, 2.05) is 7.05 Å². The van der Waals surface area contributed by atoms with Crippen molar-refractivity contribution in [2.24, 2.45) is 5.92 Å². The summed E-state index contributed by atoms with van der Waals surface area (Å²) in [6.45, 7) is 8.84. The van der Waals surface area contributed by atoms with Crippen LogP contribution in [0.3, 0.4) is 0 Å². The van der Waals surface area contributed by atoms with Gasteiger partial charge in [0.25, 0.3) is 0 Å². The number of nitrogens with one attached hydrogen (secondary N) is 1. The Balaban J connectivity index is 2.26. The molecule has 1 aliphatic rings. The van der Waals surface area contributed by atoms with E-state index in [-0.39, 0.29) is 0 Å². The summed E-state index contributed by atoms with van der Waals surface area (Å²) in [6, 6.07) is 5.25. The molecule has 0 aromatic carbocycles. The van der Waals surface area contributed by atoms with Crippen LogP contribution in [0.1, 0.15) is 51.3 Å². The topological polar surface area (TPSA) is 28.2 Å². The van der Waals surface area contributed by atoms with Crippen molar-refractivity contribution in [3.63, 3.8) is 0 Å². The first-order valence-electron chi connectivity index (χ1n) is 8.05. The Kier molecular flexibility index (Phi) is 5.41. The lowest BCUT2D eigenvalue weighted by molar-refractivity contribution is 0.601. The Morgan fingerprint density at radius 1 is 1.35 bits per heavy atom. The average Bonchev–Trinajstić information content (AvgIpc) is 3.20. The molecule has 1 aliphatic carbocycles. The zero-order valence-electron chi connectivity index (χ0n) is 13.4. The lowest BCUT2D eigenvalue weighted by atomic mass is 10.1. The van der Waals surface area contributed by atoms with Crippen molar-refractivity contribution in [2.45, 2.75) is 59.0 Å². The van der Waals surface area contributed by atoms with E-state index in [2.05, 4.69) is 43.1 Å². The zero-order chi connectivity index (χ0) is 14.5. The number of rotatable bonds is 8. The van der Waals surface area contributed by atoms with Crippen LogP contribution in [-0.4, -0.2) is 24.6 Å². The highest BCUT2D eigenvalue weighted by Crippen LogP contribution is 2.32. The predicted octanol–water partition coefficient (Wildman–Crippen LogP) is 3.38. The van der Waals surface area contributed by atoms with Gasteiger partial charge in [-0.05, 0) is 49.9 Å². The highest BCUT2D eigenvalue weighted by atomic mass is 15.2. The molecule has 1 aromatic rings. The van der Waals surface area contributed by atoms with Crippen LogP contribution >= 0.6 is 0 Å². The molecule has 0 unspecified atom stereocenters. The van der Waals surface area contributed by atoms with Crippen molar-refractivity contribution in [3.8, 4) is 0 Å². The summed E-state index contributed by atoms with van der Waals surface area (Å²) in [7, 11) is 2.01. The summed E-state index contributed by atoms with van der Waals surface area (Å²) in [5, 5.41) is 3.26. The normalized spacial score (nSPS) is 14.8. The van der Waals surface area contributed by atoms with Crippen LogP contribution in [0.2, 0.25) is 0 Å². The van der Waals surface area contributed by atoms with Gasteiger partial charge in [-0.2, -0.15) is 0 Å². The van der Waals surface area contributed by atoms with E-state index < -0.39 is 0 Å². The number of anilines is 1. The van der Waals surface area contributed by atoms with Crippen molar-refractivity contribution in [3.05, 3.63) is 23.4 Å². The number of hydrogen-bond acceptors (Lipinski definition) is 3. The second-order valence-corrected chi connectivity index (χ2v) is 6.38. The largest absolute Gasteiger partial charge is 0.353 e. The fourth-order valence-corrected chi connectivity index (χ4v) is 2.68. The highest BCUT2D eigenvalue weighted by Gasteiger charge is 2.30. The van der Waals surface area contributed by atoms with Crippen LogP contribution in [0.4, 0.5) is 5.82 Å². The molecule has 1 N–H and O–H groups in total. The standard InChI is InChI=1S/C17H29N3/c1-5-6-15-9-14(11-18-4)10-17(19-15)20(12-13(2)3)16-7-8-16/h9-10,13,16,18H,5-8,11-12H2,1-4H3. The number of pyridine rings is 1. The van der Waals surface area contributed by atoms with Crippen LogP contribution in [0, 0.1) is 5.92 Å². The number of nitrogens with zero attached hydrogens (tertiary/aromatic N) is 2. The maximum absolute atomic E-state index is 4.92. The Morgan fingerprint density at radius 3 is 2.65 bits per heavy atom. The van der Waals surface area contributed by atoms with Crippen molar-refractivity contribution in [2.75, 3.05) is 18.5 Å². The van der Waals surface area contributed by atoms with Gasteiger partial charge in [-0.25, -0.2) is 4.98 Å². The molecule has 0 aliphatic heterocycles. The van der Waals surface area contributed by atoms with E-state index >= 15 is 0 Å². The highest BCUT2D eigenvalue weighted by molar-refractivity contribution is 5.45. The fraction of sp³-hybridized carbons (Fsp3) is 0.706. The minimum atomic E-state index is 0.681. The van der Waals surface area contributed by atoms with Gasteiger partial charge in [0.05, 0.1) is 0 Å². The van der Waals surface area contributed by atoms with E-state index in [0.29, 0.717) is 5.92 Å². The monoisotopic (exact) mass is 275 g/mol. The van der Waals surface area contributed by atoms with Gasteiger partial charge in [-0.3, -0.25) is 0 Å². The third-order valence-electron chi connectivity index (χ3n) is 3.66. The molecule has 3 nitrogen and oxygen atoms in total. The lowest BCUT2D eigenvalue weighted by Crippen LogP contribution is -2.31. The van der Waals surface area contributed by atoms with Crippen LogP contribution in [0.25, 0.3) is 0 Å². The minimum Gasteiger partial charge on any atom is -0.353 e. The molecule has 1 saturated carbocycles. The van der Waals surface area contributed by atoms with Crippen LogP contribution < -0.4 is 10.2 Å². The van der Waals surface area contributed by atoms with Crippen molar-refractivity contribution < 1.29 is 0 Å². The maximum atomic E-state index is 4.92. The predicted molar refractivity (Wildman–Crippen MR) is 86.2 cm³/mol. The molecule has 0 saturated heterocycles. The first-order chi connectivity index (χ1) is 9.63. The Labute approximate surface area is 123 Å². The quantitative estimate of drug-likeness (QED) is 0.788. The summed E-state index contributed by atoms with van der Waals surface area (Å²) in [6.07, 6.45) is 4.88. The fourth-order valence-electron chi connectivity index (χ4n) is 2.68. The van der Waals surface area contributed by atoms with Gasteiger partial charge in [-0.15, -0.1) is 0 Å². The first kappa shape index (κ1) is 15.3. The van der Waals surface area contributed by atoms with Gasteiger partial charge in [0, 0.05) is 24.8 Å². The summed E-state index contributed by atoms with van der Waals surface area (Å²) in [5.74, 6) is 1.87. The van der Waals surface area contributed by atoms with E-state index in [0.717, 1.165) is 32.0 Å². The zero-order valence-corrected chi connectivity index (χ0v) is 13.4. The molecule has 112 valence electrons. The number of aromatic nitrogens is 1. The third-order valence-corrected chi connectivity index (χ3v) is 3.66. The second kappa shape index (κ2) is 7.07. The molecule has 1 heterocycles. The summed E-state index contributed by atoms with van der Waals surface area (Å²) < 4.78 is 0. The summed E-state index contributed by atoms with van der Waals surface area (Å²) in [5.41, 5.74) is 2.60. The third kappa shape index (κ3) is 4.20. The average molecular weight is 275 g/mol. The van der Waals surface area contributed by atoms with Gasteiger partial charge < -0.3 is 10.2 Å². The van der Waals surface area contributed by atoms with E-state index in [1.165, 1.54) is 29.9 Å². The lowest BCUT2D eigenvalue weighted by Gasteiger charge is -2.26. The van der Waals surface area contributed by atoms with Gasteiger partial charge in [-0.1, -0.05) is 27.2 Å². The van der Waals surface area contributed by atoms with Gasteiger partial charge in [0.1, 0.15) is 5.82 Å². The molecule has 20 heavy (non-hydrogen) atoms. The van der Waals surface area contributed by atoms with E-state index in [4.69, 9.17) is 4.98 Å². The molecule has 0 radical (unpaired) electrons. The van der Waals surface area contributed by atoms with Crippen molar-refractivity contribution in [1.82, 2.24) is 10.3 Å². The second-order valence-electron chi connectivity index (χ2n) is 6.38. The van der Waals surface area contributed by atoms with Gasteiger partial charge >= 0.3 is 0 Å². The molecule has 1 aromatic heterocycles. The van der Waals surface area contributed by atoms with Crippen molar-refractivity contribution >= 4 is 5.82 Å². The van der Waals surface area contributed by atoms with Gasteiger partial charge in [0.2, 0.25) is 0 Å². The van der Waals surface area contributed by atoms with Crippen molar-refractivity contribution in [1.29, 1.82) is 0 Å².